The van der Waals surface area contributed by atoms with E-state index in [1.807, 2.05) is 0 Å². The predicted octanol–water partition coefficient (Wildman–Crippen LogP) is 2.32. The summed E-state index contributed by atoms with van der Waals surface area (Å²) in [4.78, 5) is 10.9. The van der Waals surface area contributed by atoms with E-state index in [-0.39, 0.29) is 23.2 Å². The Morgan fingerprint density at radius 1 is 1.44 bits per heavy atom. The van der Waals surface area contributed by atoms with Gasteiger partial charge in [0.1, 0.15) is 5.56 Å². The van der Waals surface area contributed by atoms with E-state index in [2.05, 4.69) is 0 Å². The summed E-state index contributed by atoms with van der Waals surface area (Å²) in [7, 11) is 1.30. The molecule has 0 spiro atoms. The number of aromatic carboxylic acids is 1. The second kappa shape index (κ2) is 4.83. The highest BCUT2D eigenvalue weighted by molar-refractivity contribution is 5.91. The van der Waals surface area contributed by atoms with Crippen molar-refractivity contribution in [2.24, 2.45) is 0 Å². The standard InChI is InChI=1S/C11H13FO4/c1-6(2)16-10-7(11(13)14)4-5-8(15-3)9(10)12/h4-6H,1-3H3,(H,13,14). The lowest BCUT2D eigenvalue weighted by Gasteiger charge is -2.14. The molecule has 1 rings (SSSR count). The van der Waals surface area contributed by atoms with Crippen molar-refractivity contribution in [3.05, 3.63) is 23.5 Å². The highest BCUT2D eigenvalue weighted by atomic mass is 19.1. The normalized spacial score (nSPS) is 10.3. The molecule has 0 radical (unpaired) electrons. The first-order chi connectivity index (χ1) is 7.47. The number of methoxy groups -OCH3 is 1. The maximum atomic E-state index is 13.7. The van der Waals surface area contributed by atoms with Gasteiger partial charge in [0.2, 0.25) is 5.82 Å². The van der Waals surface area contributed by atoms with Gasteiger partial charge >= 0.3 is 5.97 Å². The molecule has 0 aliphatic carbocycles. The monoisotopic (exact) mass is 228 g/mol. The van der Waals surface area contributed by atoms with Crippen molar-refractivity contribution in [3.8, 4) is 11.5 Å². The highest BCUT2D eigenvalue weighted by Crippen LogP contribution is 2.31. The van der Waals surface area contributed by atoms with E-state index in [9.17, 15) is 9.18 Å². The molecule has 0 unspecified atom stereocenters. The van der Waals surface area contributed by atoms with E-state index in [4.69, 9.17) is 14.6 Å². The fourth-order valence-corrected chi connectivity index (χ4v) is 1.21. The maximum Gasteiger partial charge on any atom is 0.339 e. The zero-order valence-electron chi connectivity index (χ0n) is 9.28. The van der Waals surface area contributed by atoms with Crippen LogP contribution in [0.15, 0.2) is 12.1 Å². The van der Waals surface area contributed by atoms with Crippen molar-refractivity contribution in [2.45, 2.75) is 20.0 Å². The molecule has 88 valence electrons. The van der Waals surface area contributed by atoms with Gasteiger partial charge in [0, 0.05) is 0 Å². The SMILES string of the molecule is COc1ccc(C(=O)O)c(OC(C)C)c1F. The Hall–Kier alpha value is -1.78. The summed E-state index contributed by atoms with van der Waals surface area (Å²) in [6.45, 7) is 3.37. The molecule has 4 nitrogen and oxygen atoms in total. The van der Waals surface area contributed by atoms with Crippen LogP contribution < -0.4 is 9.47 Å². The quantitative estimate of drug-likeness (QED) is 0.859. The maximum absolute atomic E-state index is 13.7. The Kier molecular flexibility index (Phi) is 3.71. The fraction of sp³-hybridized carbons (Fsp3) is 0.364. The molecule has 5 heteroatoms. The highest BCUT2D eigenvalue weighted by Gasteiger charge is 2.20. The number of carbonyl (C=O) groups is 1. The van der Waals surface area contributed by atoms with Crippen molar-refractivity contribution in [2.75, 3.05) is 7.11 Å². The van der Waals surface area contributed by atoms with Gasteiger partial charge in [0.25, 0.3) is 0 Å². The summed E-state index contributed by atoms with van der Waals surface area (Å²) in [6, 6.07) is 2.51. The van der Waals surface area contributed by atoms with Crippen LogP contribution >= 0.6 is 0 Å². The number of ether oxygens (including phenoxy) is 2. The molecule has 0 saturated heterocycles. The third-order valence-electron chi connectivity index (χ3n) is 1.87. The topological polar surface area (TPSA) is 55.8 Å². The Balaban J connectivity index is 3.30. The van der Waals surface area contributed by atoms with Crippen LogP contribution in [0.2, 0.25) is 0 Å². The minimum absolute atomic E-state index is 0.0411. The summed E-state index contributed by atoms with van der Waals surface area (Å²) in [5.74, 6) is -2.36. The molecule has 0 amide bonds. The third-order valence-corrected chi connectivity index (χ3v) is 1.87. The zero-order valence-corrected chi connectivity index (χ0v) is 9.28. The van der Waals surface area contributed by atoms with Gasteiger partial charge < -0.3 is 14.6 Å². The van der Waals surface area contributed by atoms with Crippen LogP contribution in [0.25, 0.3) is 0 Å². The van der Waals surface area contributed by atoms with Gasteiger partial charge in [0.15, 0.2) is 11.5 Å². The van der Waals surface area contributed by atoms with E-state index in [0.717, 1.165) is 0 Å². The minimum Gasteiger partial charge on any atom is -0.494 e. The van der Waals surface area contributed by atoms with E-state index in [1.165, 1.54) is 19.2 Å². The number of benzene rings is 1. The molecule has 0 bridgehead atoms. The number of hydrogen-bond donors (Lipinski definition) is 1. The Bertz CT molecular complexity index is 401. The summed E-state index contributed by atoms with van der Waals surface area (Å²) >= 11 is 0. The lowest BCUT2D eigenvalue weighted by molar-refractivity contribution is 0.0689. The molecule has 1 aromatic carbocycles. The zero-order chi connectivity index (χ0) is 12.3. The second-order valence-electron chi connectivity index (χ2n) is 3.43. The van der Waals surface area contributed by atoms with Crippen LogP contribution in [-0.4, -0.2) is 24.3 Å². The summed E-state index contributed by atoms with van der Waals surface area (Å²) in [5, 5.41) is 8.88. The third kappa shape index (κ3) is 2.42. The average Bonchev–Trinajstić information content (AvgIpc) is 2.19. The summed E-state index contributed by atoms with van der Waals surface area (Å²) in [6.07, 6.45) is -0.320. The summed E-state index contributed by atoms with van der Waals surface area (Å²) < 4.78 is 23.6. The van der Waals surface area contributed by atoms with Crippen LogP contribution in [0, 0.1) is 5.82 Å². The molecule has 1 N–H and O–H groups in total. The van der Waals surface area contributed by atoms with Crippen molar-refractivity contribution in [1.82, 2.24) is 0 Å². The number of rotatable bonds is 4. The molecular weight excluding hydrogens is 215 g/mol. The van der Waals surface area contributed by atoms with Crippen LogP contribution in [0.4, 0.5) is 4.39 Å². The molecule has 0 aliphatic rings. The Labute approximate surface area is 92.6 Å². The van der Waals surface area contributed by atoms with Crippen molar-refractivity contribution >= 4 is 5.97 Å². The molecule has 0 atom stereocenters. The number of halogens is 1. The predicted molar refractivity (Wildman–Crippen MR) is 55.7 cm³/mol. The Morgan fingerprint density at radius 2 is 2.06 bits per heavy atom. The Morgan fingerprint density at radius 3 is 2.50 bits per heavy atom. The summed E-state index contributed by atoms with van der Waals surface area (Å²) in [5.41, 5.74) is -0.216. The van der Waals surface area contributed by atoms with Gasteiger partial charge in [0.05, 0.1) is 13.2 Å². The first-order valence-electron chi connectivity index (χ1n) is 4.73. The van der Waals surface area contributed by atoms with Gasteiger partial charge in [-0.15, -0.1) is 0 Å². The van der Waals surface area contributed by atoms with Crippen molar-refractivity contribution < 1.29 is 23.8 Å². The molecule has 0 heterocycles. The van der Waals surface area contributed by atoms with E-state index in [0.29, 0.717) is 0 Å². The number of hydrogen-bond acceptors (Lipinski definition) is 3. The number of carboxylic acid groups (broad SMARTS) is 1. The molecular formula is C11H13FO4. The van der Waals surface area contributed by atoms with Crippen LogP contribution in [0.3, 0.4) is 0 Å². The van der Waals surface area contributed by atoms with Gasteiger partial charge in [-0.25, -0.2) is 4.79 Å². The first-order valence-corrected chi connectivity index (χ1v) is 4.73. The lowest BCUT2D eigenvalue weighted by atomic mass is 10.2. The van der Waals surface area contributed by atoms with Crippen molar-refractivity contribution in [3.63, 3.8) is 0 Å². The van der Waals surface area contributed by atoms with Gasteiger partial charge in [-0.3, -0.25) is 0 Å². The molecule has 16 heavy (non-hydrogen) atoms. The van der Waals surface area contributed by atoms with E-state index < -0.39 is 11.8 Å². The molecule has 1 aromatic rings. The molecule has 0 aliphatic heterocycles. The van der Waals surface area contributed by atoms with Gasteiger partial charge in [-0.05, 0) is 26.0 Å². The van der Waals surface area contributed by atoms with Gasteiger partial charge in [-0.2, -0.15) is 4.39 Å². The van der Waals surface area contributed by atoms with E-state index in [1.54, 1.807) is 13.8 Å². The smallest absolute Gasteiger partial charge is 0.339 e. The van der Waals surface area contributed by atoms with Crippen LogP contribution in [0.1, 0.15) is 24.2 Å². The van der Waals surface area contributed by atoms with Crippen LogP contribution in [-0.2, 0) is 0 Å². The molecule has 0 aromatic heterocycles. The first kappa shape index (κ1) is 12.3. The lowest BCUT2D eigenvalue weighted by Crippen LogP contribution is -2.12. The largest absolute Gasteiger partial charge is 0.494 e. The van der Waals surface area contributed by atoms with E-state index >= 15 is 0 Å². The second-order valence-corrected chi connectivity index (χ2v) is 3.43. The van der Waals surface area contributed by atoms with Crippen LogP contribution in [0.5, 0.6) is 11.5 Å². The average molecular weight is 228 g/mol. The van der Waals surface area contributed by atoms with Crippen molar-refractivity contribution in [1.29, 1.82) is 0 Å². The molecule has 0 saturated carbocycles. The fourth-order valence-electron chi connectivity index (χ4n) is 1.21. The minimum atomic E-state index is -1.24. The number of carboxylic acids is 1. The molecule has 0 fully saturated rings. The van der Waals surface area contributed by atoms with Gasteiger partial charge in [-0.1, -0.05) is 0 Å².